The largest absolute Gasteiger partial charge is 0.336 e. The van der Waals surface area contributed by atoms with Gasteiger partial charge < -0.3 is 4.57 Å². The molecule has 0 saturated carbocycles. The summed E-state index contributed by atoms with van der Waals surface area (Å²) in [6.45, 7) is 2.94. The van der Waals surface area contributed by atoms with Crippen molar-refractivity contribution < 1.29 is 0 Å². The maximum Gasteiger partial charge on any atom is 0.0946 e. The molecule has 1 unspecified atom stereocenters. The number of hydrogen-bond acceptors (Lipinski definition) is 3. The molecule has 26 heavy (non-hydrogen) atoms. The van der Waals surface area contributed by atoms with Crippen LogP contribution < -0.4 is 0 Å². The number of hydrogen-bond donors (Lipinski definition) is 0. The van der Waals surface area contributed by atoms with E-state index in [4.69, 9.17) is 23.2 Å². The van der Waals surface area contributed by atoms with Crippen LogP contribution in [-0.4, -0.2) is 14.6 Å². The molecular weight excluding hydrogens is 403 g/mol. The fraction of sp³-hybridized carbons (Fsp3) is 0.250. The van der Waals surface area contributed by atoms with Crippen LogP contribution in [-0.2, 0) is 12.3 Å². The number of benzene rings is 2. The lowest BCUT2D eigenvalue weighted by atomic mass is 10.1. The summed E-state index contributed by atoms with van der Waals surface area (Å²) in [4.78, 5) is 4.14. The van der Waals surface area contributed by atoms with Crippen LogP contribution in [0.15, 0.2) is 61.2 Å². The molecule has 0 N–H and O–H groups in total. The summed E-state index contributed by atoms with van der Waals surface area (Å²) in [6, 6.07) is 14.5. The maximum absolute atomic E-state index is 6.46. The van der Waals surface area contributed by atoms with Gasteiger partial charge in [-0.2, -0.15) is 0 Å². The number of halogens is 2. The van der Waals surface area contributed by atoms with E-state index in [1.54, 1.807) is 6.20 Å². The van der Waals surface area contributed by atoms with Crippen LogP contribution in [0.1, 0.15) is 21.9 Å². The zero-order valence-corrected chi connectivity index (χ0v) is 17.6. The average Bonchev–Trinajstić information content (AvgIpc) is 3.12. The van der Waals surface area contributed by atoms with E-state index in [9.17, 15) is 0 Å². The van der Waals surface area contributed by atoms with Crippen molar-refractivity contribution in [3.05, 3.63) is 87.9 Å². The standard InChI is InChI=1S/C20H20Cl2N2S2/c1-15-2-4-16(5-3-15)12-25-14-26-20(11-24-9-8-23-13-24)18-7-6-17(21)10-19(18)22/h2-10,13,20H,11-12,14H2,1H3. The smallest absolute Gasteiger partial charge is 0.0946 e. The molecule has 0 amide bonds. The fourth-order valence-electron chi connectivity index (χ4n) is 2.56. The number of imidazole rings is 1. The SMILES string of the molecule is Cc1ccc(CSCSC(Cn2ccnc2)c2ccc(Cl)cc2Cl)cc1. The summed E-state index contributed by atoms with van der Waals surface area (Å²) in [7, 11) is 0. The maximum atomic E-state index is 6.46. The first-order valence-electron chi connectivity index (χ1n) is 8.27. The lowest BCUT2D eigenvalue weighted by molar-refractivity contribution is 0.684. The molecule has 2 nitrogen and oxygen atoms in total. The number of thioether (sulfide) groups is 2. The zero-order chi connectivity index (χ0) is 18.4. The first-order valence-corrected chi connectivity index (χ1v) is 11.2. The van der Waals surface area contributed by atoms with E-state index in [1.165, 1.54) is 11.1 Å². The number of nitrogens with zero attached hydrogens (tertiary/aromatic N) is 2. The van der Waals surface area contributed by atoms with E-state index >= 15 is 0 Å². The van der Waals surface area contributed by atoms with Gasteiger partial charge in [0.1, 0.15) is 0 Å². The molecule has 2 aromatic carbocycles. The fourth-order valence-corrected chi connectivity index (χ4v) is 5.63. The second-order valence-electron chi connectivity index (χ2n) is 6.03. The first kappa shape index (κ1) is 19.7. The molecule has 3 aromatic rings. The Hall–Kier alpha value is -1.07. The third kappa shape index (κ3) is 5.71. The molecule has 0 bridgehead atoms. The van der Waals surface area contributed by atoms with Crippen molar-refractivity contribution in [1.82, 2.24) is 9.55 Å². The summed E-state index contributed by atoms with van der Waals surface area (Å²) >= 11 is 16.3. The second-order valence-corrected chi connectivity index (χ2v) is 9.42. The van der Waals surface area contributed by atoms with Crippen LogP contribution in [0.4, 0.5) is 0 Å². The Kier molecular flexibility index (Phi) is 7.38. The quantitative estimate of drug-likeness (QED) is 0.291. The lowest BCUT2D eigenvalue weighted by Crippen LogP contribution is -2.06. The van der Waals surface area contributed by atoms with Crippen molar-refractivity contribution in [3.8, 4) is 0 Å². The molecule has 1 aromatic heterocycles. The monoisotopic (exact) mass is 422 g/mol. The molecule has 1 atom stereocenters. The third-order valence-corrected chi connectivity index (χ3v) is 7.10. The highest BCUT2D eigenvalue weighted by atomic mass is 35.5. The van der Waals surface area contributed by atoms with E-state index in [0.717, 1.165) is 28.0 Å². The number of rotatable bonds is 8. The molecule has 0 radical (unpaired) electrons. The van der Waals surface area contributed by atoms with Gasteiger partial charge in [-0.05, 0) is 30.2 Å². The van der Waals surface area contributed by atoms with Crippen LogP contribution in [0.25, 0.3) is 0 Å². The predicted octanol–water partition coefficient (Wildman–Crippen LogP) is 6.86. The van der Waals surface area contributed by atoms with Gasteiger partial charge in [-0.25, -0.2) is 4.98 Å². The molecule has 0 spiro atoms. The summed E-state index contributed by atoms with van der Waals surface area (Å²) < 4.78 is 2.09. The van der Waals surface area contributed by atoms with Crippen molar-refractivity contribution in [2.24, 2.45) is 0 Å². The molecule has 0 fully saturated rings. The van der Waals surface area contributed by atoms with Gasteiger partial charge >= 0.3 is 0 Å². The lowest BCUT2D eigenvalue weighted by Gasteiger charge is -2.19. The van der Waals surface area contributed by atoms with Crippen molar-refractivity contribution in [2.45, 2.75) is 24.5 Å². The molecule has 3 rings (SSSR count). The van der Waals surface area contributed by atoms with Gasteiger partial charge in [0.25, 0.3) is 0 Å². The molecule has 6 heteroatoms. The summed E-state index contributed by atoms with van der Waals surface area (Å²) in [5.41, 5.74) is 3.77. The number of aryl methyl sites for hydroxylation is 1. The summed E-state index contributed by atoms with van der Waals surface area (Å²) in [5, 5.41) is 2.63. The third-order valence-electron chi connectivity index (χ3n) is 3.99. The zero-order valence-electron chi connectivity index (χ0n) is 14.4. The van der Waals surface area contributed by atoms with Gasteiger partial charge in [0.2, 0.25) is 0 Å². The molecule has 0 aliphatic carbocycles. The van der Waals surface area contributed by atoms with Crippen molar-refractivity contribution in [3.63, 3.8) is 0 Å². The Balaban J connectivity index is 1.62. The van der Waals surface area contributed by atoms with E-state index in [1.807, 2.05) is 54.2 Å². The van der Waals surface area contributed by atoms with Gasteiger partial charge in [-0.1, -0.05) is 59.1 Å². The average molecular weight is 423 g/mol. The highest BCUT2D eigenvalue weighted by Gasteiger charge is 2.16. The van der Waals surface area contributed by atoms with Gasteiger partial charge in [0.05, 0.1) is 6.33 Å². The molecule has 1 heterocycles. The second kappa shape index (κ2) is 9.75. The topological polar surface area (TPSA) is 17.8 Å². The summed E-state index contributed by atoms with van der Waals surface area (Å²) in [6.07, 6.45) is 5.63. The van der Waals surface area contributed by atoms with Gasteiger partial charge in [0, 0.05) is 45.1 Å². The van der Waals surface area contributed by atoms with Crippen LogP contribution in [0.2, 0.25) is 10.0 Å². The van der Waals surface area contributed by atoms with Crippen molar-refractivity contribution >= 4 is 46.7 Å². The van der Waals surface area contributed by atoms with Crippen LogP contribution in [0, 0.1) is 6.92 Å². The predicted molar refractivity (Wildman–Crippen MR) is 116 cm³/mol. The highest BCUT2D eigenvalue weighted by molar-refractivity contribution is 8.15. The highest BCUT2D eigenvalue weighted by Crippen LogP contribution is 2.38. The van der Waals surface area contributed by atoms with Gasteiger partial charge in [-0.3, -0.25) is 0 Å². The Labute approximate surface area is 173 Å². The van der Waals surface area contributed by atoms with Crippen LogP contribution >= 0.6 is 46.7 Å². The van der Waals surface area contributed by atoms with Crippen molar-refractivity contribution in [1.29, 1.82) is 0 Å². The minimum absolute atomic E-state index is 0.250. The Morgan fingerprint density at radius 2 is 1.92 bits per heavy atom. The normalized spacial score (nSPS) is 12.3. The van der Waals surface area contributed by atoms with E-state index < -0.39 is 0 Å². The molecule has 0 aliphatic rings. The van der Waals surface area contributed by atoms with E-state index in [2.05, 4.69) is 40.7 Å². The van der Waals surface area contributed by atoms with E-state index in [0.29, 0.717) is 5.02 Å². The van der Waals surface area contributed by atoms with Gasteiger partial charge in [0.15, 0.2) is 0 Å². The number of aromatic nitrogens is 2. The van der Waals surface area contributed by atoms with Gasteiger partial charge in [-0.15, -0.1) is 23.5 Å². The molecule has 136 valence electrons. The molecule has 0 saturated heterocycles. The minimum Gasteiger partial charge on any atom is -0.336 e. The molecule has 0 aliphatic heterocycles. The molecular formula is C20H20Cl2N2S2. The van der Waals surface area contributed by atoms with Crippen LogP contribution in [0.5, 0.6) is 0 Å². The Bertz CT molecular complexity index is 820. The summed E-state index contributed by atoms with van der Waals surface area (Å²) in [5.74, 6) is 1.01. The Morgan fingerprint density at radius 1 is 1.12 bits per heavy atom. The van der Waals surface area contributed by atoms with Crippen molar-refractivity contribution in [2.75, 3.05) is 5.08 Å². The van der Waals surface area contributed by atoms with Crippen LogP contribution in [0.3, 0.4) is 0 Å². The van der Waals surface area contributed by atoms with E-state index in [-0.39, 0.29) is 5.25 Å². The Morgan fingerprint density at radius 3 is 2.62 bits per heavy atom. The minimum atomic E-state index is 0.250. The first-order chi connectivity index (χ1) is 12.6.